The number of allylic oxidation sites excluding steroid dienone is 1. The van der Waals surface area contributed by atoms with Gasteiger partial charge in [-0.15, -0.1) is 6.58 Å². The fraction of sp³-hybridized carbons (Fsp3) is 0.250. The van der Waals surface area contributed by atoms with E-state index in [4.69, 9.17) is 4.74 Å². The molecule has 0 aliphatic rings. The van der Waals surface area contributed by atoms with Crippen molar-refractivity contribution in [3.63, 3.8) is 0 Å². The molecule has 1 aromatic rings. The first-order valence-electron chi connectivity index (χ1n) is 4.97. The number of rotatable bonds is 5. The van der Waals surface area contributed by atoms with Gasteiger partial charge in [-0.05, 0) is 18.6 Å². The molecule has 0 amide bonds. The molecule has 0 bridgehead atoms. The second kappa shape index (κ2) is 5.30. The molecule has 1 radical (unpaired) electrons. The summed E-state index contributed by atoms with van der Waals surface area (Å²) in [5, 5.41) is 10.7. The zero-order chi connectivity index (χ0) is 12.1. The lowest BCUT2D eigenvalue weighted by molar-refractivity contribution is -0.385. The molecule has 0 saturated carbocycles. The highest BCUT2D eigenvalue weighted by atomic mass is 16.6. The van der Waals surface area contributed by atoms with Gasteiger partial charge in [-0.3, -0.25) is 10.1 Å². The van der Waals surface area contributed by atoms with E-state index in [-0.39, 0.29) is 5.69 Å². The number of nitro benzene ring substituents is 1. The van der Waals surface area contributed by atoms with E-state index in [0.29, 0.717) is 12.4 Å². The lowest BCUT2D eigenvalue weighted by Crippen LogP contribution is -1.98. The van der Waals surface area contributed by atoms with Crippen LogP contribution in [0.2, 0.25) is 0 Å². The first-order valence-corrected chi connectivity index (χ1v) is 4.97. The number of ether oxygens (including phenoxy) is 1. The van der Waals surface area contributed by atoms with E-state index in [1.807, 2.05) is 13.8 Å². The van der Waals surface area contributed by atoms with Gasteiger partial charge in [0.25, 0.3) is 5.69 Å². The first-order chi connectivity index (χ1) is 7.58. The molecule has 0 unspecified atom stereocenters. The van der Waals surface area contributed by atoms with E-state index < -0.39 is 4.92 Å². The van der Waals surface area contributed by atoms with Gasteiger partial charge in [-0.1, -0.05) is 13.0 Å². The van der Waals surface area contributed by atoms with Gasteiger partial charge in [-0.2, -0.15) is 0 Å². The van der Waals surface area contributed by atoms with Gasteiger partial charge in [0.1, 0.15) is 5.75 Å². The Balaban J connectivity index is 3.17. The lowest BCUT2D eigenvalue weighted by Gasteiger charge is -2.09. The summed E-state index contributed by atoms with van der Waals surface area (Å²) in [4.78, 5) is 10.3. The van der Waals surface area contributed by atoms with E-state index in [1.165, 1.54) is 12.1 Å². The second-order valence-electron chi connectivity index (χ2n) is 3.29. The van der Waals surface area contributed by atoms with Crippen molar-refractivity contribution in [1.82, 2.24) is 0 Å². The van der Waals surface area contributed by atoms with Gasteiger partial charge in [0.05, 0.1) is 17.6 Å². The third-order valence-electron chi connectivity index (χ3n) is 2.17. The Kier molecular flexibility index (Phi) is 4.05. The molecule has 0 aliphatic heterocycles. The van der Waals surface area contributed by atoms with Gasteiger partial charge < -0.3 is 4.74 Å². The Morgan fingerprint density at radius 3 is 2.75 bits per heavy atom. The molecule has 0 fully saturated rings. The number of hydrogen-bond donors (Lipinski definition) is 0. The number of nitro groups is 1. The van der Waals surface area contributed by atoms with Crippen molar-refractivity contribution in [2.24, 2.45) is 0 Å². The van der Waals surface area contributed by atoms with E-state index >= 15 is 0 Å². The van der Waals surface area contributed by atoms with Crippen molar-refractivity contribution in [2.45, 2.75) is 13.8 Å². The van der Waals surface area contributed by atoms with Gasteiger partial charge in [0, 0.05) is 12.0 Å². The predicted molar refractivity (Wildman–Crippen MR) is 62.5 cm³/mol. The van der Waals surface area contributed by atoms with Gasteiger partial charge >= 0.3 is 0 Å². The Morgan fingerprint density at radius 2 is 2.25 bits per heavy atom. The van der Waals surface area contributed by atoms with E-state index in [2.05, 4.69) is 6.58 Å². The van der Waals surface area contributed by atoms with Crippen LogP contribution in [0.5, 0.6) is 5.75 Å². The minimum atomic E-state index is -0.428. The topological polar surface area (TPSA) is 52.4 Å². The lowest BCUT2D eigenvalue weighted by atomic mass is 10.0. The normalized spacial score (nSPS) is 10.2. The van der Waals surface area contributed by atoms with Crippen LogP contribution in [0.4, 0.5) is 5.69 Å². The molecule has 0 aromatic heterocycles. The number of hydrogen-bond acceptors (Lipinski definition) is 3. The summed E-state index contributed by atoms with van der Waals surface area (Å²) >= 11 is 0. The monoisotopic (exact) mass is 220 g/mol. The van der Waals surface area contributed by atoms with Gasteiger partial charge in [-0.25, -0.2) is 0 Å². The molecule has 85 valence electrons. The Hall–Kier alpha value is -1.84. The SMILES string of the molecule is C=C[C](C)c1cc(OCC)cc([N+](=O)[O-])c1. The Labute approximate surface area is 94.7 Å². The second-order valence-corrected chi connectivity index (χ2v) is 3.29. The molecule has 0 spiro atoms. The van der Waals surface area contributed by atoms with Crippen LogP contribution in [0.1, 0.15) is 19.4 Å². The van der Waals surface area contributed by atoms with Crippen LogP contribution in [0, 0.1) is 16.0 Å². The summed E-state index contributed by atoms with van der Waals surface area (Å²) in [5.41, 5.74) is 0.787. The standard InChI is InChI=1S/C12H14NO3/c1-4-9(3)10-6-11(13(14)15)8-12(7-10)16-5-2/h4,6-8H,1,5H2,2-3H3. The van der Waals surface area contributed by atoms with Crippen molar-refractivity contribution in [1.29, 1.82) is 0 Å². The molecular weight excluding hydrogens is 206 g/mol. The molecule has 1 rings (SSSR count). The molecule has 0 N–H and O–H groups in total. The van der Waals surface area contributed by atoms with Crippen LogP contribution in [-0.4, -0.2) is 11.5 Å². The van der Waals surface area contributed by atoms with Crippen LogP contribution in [-0.2, 0) is 0 Å². The molecule has 0 saturated heterocycles. The largest absolute Gasteiger partial charge is 0.494 e. The minimum absolute atomic E-state index is 0.0298. The minimum Gasteiger partial charge on any atom is -0.494 e. The molecule has 0 aliphatic carbocycles. The average Bonchev–Trinajstić information content (AvgIpc) is 2.28. The summed E-state index contributed by atoms with van der Waals surface area (Å²) in [5.74, 6) is 1.39. The zero-order valence-electron chi connectivity index (χ0n) is 9.40. The quantitative estimate of drug-likeness (QED) is 0.565. The Morgan fingerprint density at radius 1 is 1.56 bits per heavy atom. The number of benzene rings is 1. The molecule has 1 aromatic carbocycles. The maximum absolute atomic E-state index is 10.7. The van der Waals surface area contributed by atoms with Crippen molar-refractivity contribution in [3.8, 4) is 5.75 Å². The van der Waals surface area contributed by atoms with Crippen molar-refractivity contribution in [2.75, 3.05) is 6.61 Å². The summed E-state index contributed by atoms with van der Waals surface area (Å²) in [7, 11) is 0. The summed E-state index contributed by atoms with van der Waals surface area (Å²) in [6.45, 7) is 7.80. The maximum Gasteiger partial charge on any atom is 0.273 e. The summed E-state index contributed by atoms with van der Waals surface area (Å²) in [6, 6.07) is 4.70. The molecule has 16 heavy (non-hydrogen) atoms. The number of nitrogens with zero attached hydrogens (tertiary/aromatic N) is 1. The van der Waals surface area contributed by atoms with E-state index in [1.54, 1.807) is 12.1 Å². The zero-order valence-corrected chi connectivity index (χ0v) is 9.40. The highest BCUT2D eigenvalue weighted by Gasteiger charge is 2.13. The fourth-order valence-electron chi connectivity index (χ4n) is 1.28. The average molecular weight is 220 g/mol. The van der Waals surface area contributed by atoms with E-state index in [0.717, 1.165) is 11.5 Å². The summed E-state index contributed by atoms with van der Waals surface area (Å²) < 4.78 is 5.28. The molecular formula is C12H14NO3. The van der Waals surface area contributed by atoms with Crippen LogP contribution in [0.3, 0.4) is 0 Å². The van der Waals surface area contributed by atoms with Crippen LogP contribution >= 0.6 is 0 Å². The number of non-ortho nitro benzene ring substituents is 1. The van der Waals surface area contributed by atoms with Crippen LogP contribution < -0.4 is 4.74 Å². The van der Waals surface area contributed by atoms with Crippen molar-refractivity contribution in [3.05, 3.63) is 52.4 Å². The third kappa shape index (κ3) is 2.82. The van der Waals surface area contributed by atoms with Gasteiger partial charge in [0.2, 0.25) is 0 Å². The Bertz CT molecular complexity index is 401. The highest BCUT2D eigenvalue weighted by molar-refractivity contribution is 5.49. The smallest absolute Gasteiger partial charge is 0.273 e. The van der Waals surface area contributed by atoms with Crippen LogP contribution in [0.15, 0.2) is 30.9 Å². The molecule has 0 atom stereocenters. The maximum atomic E-state index is 10.7. The molecule has 0 heterocycles. The molecule has 4 nitrogen and oxygen atoms in total. The molecule has 4 heteroatoms. The first kappa shape index (κ1) is 12.2. The highest BCUT2D eigenvalue weighted by Crippen LogP contribution is 2.27. The van der Waals surface area contributed by atoms with Gasteiger partial charge in [0.15, 0.2) is 0 Å². The van der Waals surface area contributed by atoms with Crippen molar-refractivity contribution >= 4 is 5.69 Å². The summed E-state index contributed by atoms with van der Waals surface area (Å²) in [6.07, 6.45) is 1.66. The van der Waals surface area contributed by atoms with Crippen molar-refractivity contribution < 1.29 is 9.66 Å². The fourth-order valence-corrected chi connectivity index (χ4v) is 1.28. The predicted octanol–water partition coefficient (Wildman–Crippen LogP) is 3.12. The third-order valence-corrected chi connectivity index (χ3v) is 2.17. The van der Waals surface area contributed by atoms with E-state index in [9.17, 15) is 10.1 Å². The van der Waals surface area contributed by atoms with Crippen LogP contribution in [0.25, 0.3) is 0 Å².